The van der Waals surface area contributed by atoms with Gasteiger partial charge in [0.2, 0.25) is 6.23 Å². The van der Waals surface area contributed by atoms with E-state index in [1.807, 2.05) is 42.5 Å². The number of aliphatic hydroxyl groups is 1. The maximum absolute atomic E-state index is 9.81. The minimum Gasteiger partial charge on any atom is -0.497 e. The molecule has 6 heteroatoms. The first-order chi connectivity index (χ1) is 10.8. The van der Waals surface area contributed by atoms with Crippen LogP contribution in [-0.2, 0) is 0 Å². The van der Waals surface area contributed by atoms with Gasteiger partial charge in [0.1, 0.15) is 17.0 Å². The second kappa shape index (κ2) is 4.99. The summed E-state index contributed by atoms with van der Waals surface area (Å²) in [5.41, 5.74) is 2.63. The van der Waals surface area contributed by atoms with E-state index in [1.165, 1.54) is 0 Å². The lowest BCUT2D eigenvalue weighted by molar-refractivity contribution is 0.0923. The summed E-state index contributed by atoms with van der Waals surface area (Å²) in [5, 5.41) is 18.2. The lowest BCUT2D eigenvalue weighted by Gasteiger charge is -2.17. The van der Waals surface area contributed by atoms with Gasteiger partial charge in [-0.2, -0.15) is 0 Å². The van der Waals surface area contributed by atoms with Crippen LogP contribution in [0, 0.1) is 0 Å². The molecule has 1 aliphatic heterocycles. The quantitative estimate of drug-likeness (QED) is 0.802. The summed E-state index contributed by atoms with van der Waals surface area (Å²) in [6.45, 7) is -0.0296. The zero-order chi connectivity index (χ0) is 15.1. The van der Waals surface area contributed by atoms with E-state index in [9.17, 15) is 5.11 Å². The van der Waals surface area contributed by atoms with Crippen LogP contribution in [0.1, 0.15) is 17.7 Å². The van der Waals surface area contributed by atoms with Crippen molar-refractivity contribution >= 4 is 11.0 Å². The van der Waals surface area contributed by atoms with Gasteiger partial charge in [-0.3, -0.25) is 0 Å². The standard InChI is InChI=1S/C16H15N3O3/c1-21-10-6-7-11-12(9-20)16(22-15(11)8-10)19-14-5-3-2-4-13(14)17-18-19/h2-8,12,16,20H,9H2,1H3. The fraction of sp³-hybridized carbons (Fsp3) is 0.250. The Morgan fingerprint density at radius 2 is 2.14 bits per heavy atom. The van der Waals surface area contributed by atoms with Gasteiger partial charge in [-0.15, -0.1) is 5.10 Å². The number of para-hydroxylation sites is 1. The monoisotopic (exact) mass is 297 g/mol. The Labute approximate surface area is 126 Å². The van der Waals surface area contributed by atoms with Crippen molar-refractivity contribution in [1.82, 2.24) is 15.0 Å². The number of hydrogen-bond acceptors (Lipinski definition) is 5. The molecule has 0 amide bonds. The maximum Gasteiger partial charge on any atom is 0.203 e. The third-order valence-electron chi connectivity index (χ3n) is 4.03. The Morgan fingerprint density at radius 1 is 1.27 bits per heavy atom. The molecule has 2 aromatic carbocycles. The van der Waals surface area contributed by atoms with Crippen molar-refractivity contribution in [2.45, 2.75) is 12.1 Å². The molecule has 22 heavy (non-hydrogen) atoms. The van der Waals surface area contributed by atoms with Crippen molar-refractivity contribution in [3.8, 4) is 11.5 Å². The van der Waals surface area contributed by atoms with E-state index in [1.54, 1.807) is 11.8 Å². The molecule has 6 nitrogen and oxygen atoms in total. The number of hydrogen-bond donors (Lipinski definition) is 1. The van der Waals surface area contributed by atoms with Crippen molar-refractivity contribution in [3.63, 3.8) is 0 Å². The third kappa shape index (κ3) is 1.84. The van der Waals surface area contributed by atoms with Crippen LogP contribution in [0.5, 0.6) is 11.5 Å². The van der Waals surface area contributed by atoms with Gasteiger partial charge in [-0.1, -0.05) is 23.4 Å². The van der Waals surface area contributed by atoms with Crippen LogP contribution in [0.3, 0.4) is 0 Å². The normalized spacial score (nSPS) is 19.9. The second-order valence-corrected chi connectivity index (χ2v) is 5.22. The first kappa shape index (κ1) is 13.1. The van der Waals surface area contributed by atoms with E-state index in [0.717, 1.165) is 22.3 Å². The van der Waals surface area contributed by atoms with E-state index in [4.69, 9.17) is 9.47 Å². The molecule has 0 aliphatic carbocycles. The molecule has 0 saturated heterocycles. The van der Waals surface area contributed by atoms with E-state index in [2.05, 4.69) is 10.3 Å². The fourth-order valence-corrected chi connectivity index (χ4v) is 2.90. The zero-order valence-corrected chi connectivity index (χ0v) is 12.0. The van der Waals surface area contributed by atoms with Crippen LogP contribution in [-0.4, -0.2) is 33.8 Å². The van der Waals surface area contributed by atoms with Gasteiger partial charge in [0.25, 0.3) is 0 Å². The third-order valence-corrected chi connectivity index (χ3v) is 4.03. The van der Waals surface area contributed by atoms with Crippen molar-refractivity contribution in [2.75, 3.05) is 13.7 Å². The molecule has 0 fully saturated rings. The highest BCUT2D eigenvalue weighted by Gasteiger charge is 2.37. The first-order valence-corrected chi connectivity index (χ1v) is 7.07. The SMILES string of the molecule is COc1ccc2c(c1)OC(n1nnc3ccccc31)C2CO. The van der Waals surface area contributed by atoms with Crippen LogP contribution in [0.25, 0.3) is 11.0 Å². The van der Waals surface area contributed by atoms with Gasteiger partial charge in [-0.05, 0) is 18.2 Å². The van der Waals surface area contributed by atoms with Crippen molar-refractivity contribution in [3.05, 3.63) is 48.0 Å². The number of nitrogens with zero attached hydrogens (tertiary/aromatic N) is 3. The van der Waals surface area contributed by atoms with Crippen LogP contribution in [0.15, 0.2) is 42.5 Å². The molecule has 0 spiro atoms. The number of ether oxygens (including phenoxy) is 2. The van der Waals surface area contributed by atoms with Crippen molar-refractivity contribution in [1.29, 1.82) is 0 Å². The average molecular weight is 297 g/mol. The molecule has 0 radical (unpaired) electrons. The van der Waals surface area contributed by atoms with Crippen LogP contribution in [0.2, 0.25) is 0 Å². The molecule has 1 N–H and O–H groups in total. The van der Waals surface area contributed by atoms with E-state index in [0.29, 0.717) is 5.75 Å². The van der Waals surface area contributed by atoms with Gasteiger partial charge in [-0.25, -0.2) is 4.68 Å². The highest BCUT2D eigenvalue weighted by molar-refractivity contribution is 5.74. The van der Waals surface area contributed by atoms with Crippen LogP contribution < -0.4 is 9.47 Å². The van der Waals surface area contributed by atoms with Gasteiger partial charge in [0, 0.05) is 11.6 Å². The molecular formula is C16H15N3O3. The average Bonchev–Trinajstić information content (AvgIpc) is 3.14. The Hall–Kier alpha value is -2.60. The lowest BCUT2D eigenvalue weighted by Crippen LogP contribution is -2.21. The van der Waals surface area contributed by atoms with E-state index in [-0.39, 0.29) is 12.5 Å². The van der Waals surface area contributed by atoms with E-state index < -0.39 is 6.23 Å². The van der Waals surface area contributed by atoms with Crippen molar-refractivity contribution in [2.24, 2.45) is 0 Å². The molecule has 2 unspecified atom stereocenters. The van der Waals surface area contributed by atoms with Gasteiger partial charge in [0.05, 0.1) is 25.2 Å². The van der Waals surface area contributed by atoms with Crippen LogP contribution >= 0.6 is 0 Å². The minimum absolute atomic E-state index is 0.0296. The largest absolute Gasteiger partial charge is 0.497 e. The summed E-state index contributed by atoms with van der Waals surface area (Å²) in [6.07, 6.45) is -0.417. The molecule has 1 aliphatic rings. The number of aliphatic hydroxyl groups excluding tert-OH is 1. The molecule has 3 aromatic rings. The lowest BCUT2D eigenvalue weighted by atomic mass is 10.00. The molecule has 0 bridgehead atoms. The summed E-state index contributed by atoms with van der Waals surface area (Å²) < 4.78 is 13.0. The Morgan fingerprint density at radius 3 is 2.95 bits per heavy atom. The highest BCUT2D eigenvalue weighted by Crippen LogP contribution is 2.45. The molecule has 1 aromatic heterocycles. The summed E-state index contributed by atoms with van der Waals surface area (Å²) in [6, 6.07) is 13.3. The predicted molar refractivity (Wildman–Crippen MR) is 80.0 cm³/mol. The topological polar surface area (TPSA) is 69.4 Å². The number of fused-ring (bicyclic) bond motifs is 2. The maximum atomic E-state index is 9.81. The van der Waals surface area contributed by atoms with Gasteiger partial charge >= 0.3 is 0 Å². The Balaban J connectivity index is 1.80. The summed E-state index contributed by atoms with van der Waals surface area (Å²) >= 11 is 0. The second-order valence-electron chi connectivity index (χ2n) is 5.22. The van der Waals surface area contributed by atoms with Crippen LogP contribution in [0.4, 0.5) is 0 Å². The molecule has 4 rings (SSSR count). The number of methoxy groups -OCH3 is 1. The molecule has 2 heterocycles. The molecule has 0 saturated carbocycles. The smallest absolute Gasteiger partial charge is 0.203 e. The van der Waals surface area contributed by atoms with E-state index >= 15 is 0 Å². The fourth-order valence-electron chi connectivity index (χ4n) is 2.90. The molecule has 112 valence electrons. The van der Waals surface area contributed by atoms with Gasteiger partial charge < -0.3 is 14.6 Å². The summed E-state index contributed by atoms with van der Waals surface area (Å²) in [7, 11) is 1.61. The highest BCUT2D eigenvalue weighted by atomic mass is 16.5. The number of rotatable bonds is 3. The van der Waals surface area contributed by atoms with Gasteiger partial charge in [0.15, 0.2) is 0 Å². The summed E-state index contributed by atoms with van der Waals surface area (Å²) in [4.78, 5) is 0. The molecule has 2 atom stereocenters. The van der Waals surface area contributed by atoms with Crippen molar-refractivity contribution < 1.29 is 14.6 Å². The molecular weight excluding hydrogens is 282 g/mol. The minimum atomic E-state index is -0.417. The Bertz CT molecular complexity index is 830. The predicted octanol–water partition coefficient (Wildman–Crippen LogP) is 2.11. The zero-order valence-electron chi connectivity index (χ0n) is 12.0. The Kier molecular flexibility index (Phi) is 2.97. The number of aromatic nitrogens is 3. The number of benzene rings is 2. The first-order valence-electron chi connectivity index (χ1n) is 7.07. The summed E-state index contributed by atoms with van der Waals surface area (Å²) in [5.74, 6) is 1.24.